The first-order chi connectivity index (χ1) is 13.0. The average Bonchev–Trinajstić information content (AvgIpc) is 2.93. The Morgan fingerprint density at radius 2 is 2.07 bits per heavy atom. The summed E-state index contributed by atoms with van der Waals surface area (Å²) in [5, 5.41) is 0. The molecule has 0 fully saturated rings. The van der Waals surface area contributed by atoms with Crippen LogP contribution >= 0.6 is 11.9 Å². The van der Waals surface area contributed by atoms with Gasteiger partial charge >= 0.3 is 0 Å². The smallest absolute Gasteiger partial charge is 0.196 e. The summed E-state index contributed by atoms with van der Waals surface area (Å²) in [5.74, 6) is 0.520. The zero-order valence-corrected chi connectivity index (χ0v) is 16.7. The maximum atomic E-state index is 12.9. The summed E-state index contributed by atoms with van der Waals surface area (Å²) in [5.41, 5.74) is 4.54. The minimum atomic E-state index is -0.0257. The normalized spacial score (nSPS) is 13.8. The Morgan fingerprint density at radius 3 is 2.81 bits per heavy atom. The van der Waals surface area contributed by atoms with Crippen LogP contribution in [0.1, 0.15) is 41.8 Å². The number of rotatable bonds is 6. The number of hydrogen-bond donors (Lipinski definition) is 1. The van der Waals surface area contributed by atoms with E-state index < -0.39 is 0 Å². The number of pyridine rings is 1. The first-order valence-corrected chi connectivity index (χ1v) is 9.92. The van der Waals surface area contributed by atoms with Crippen molar-refractivity contribution in [1.29, 1.82) is 0 Å². The highest BCUT2D eigenvalue weighted by atomic mass is 32.2. The van der Waals surface area contributed by atoms with Gasteiger partial charge in [0.15, 0.2) is 5.78 Å². The molecule has 27 heavy (non-hydrogen) atoms. The third kappa shape index (κ3) is 4.98. The number of anilines is 1. The molecule has 0 amide bonds. The lowest BCUT2D eigenvalue weighted by atomic mass is 10.0. The van der Waals surface area contributed by atoms with Crippen molar-refractivity contribution in [3.63, 3.8) is 0 Å². The number of benzene rings is 1. The van der Waals surface area contributed by atoms with E-state index in [4.69, 9.17) is 0 Å². The van der Waals surface area contributed by atoms with Gasteiger partial charge in [0.2, 0.25) is 0 Å². The van der Waals surface area contributed by atoms with Crippen LogP contribution in [0.4, 0.5) is 5.69 Å². The van der Waals surface area contributed by atoms with Crippen LogP contribution in [0.25, 0.3) is 0 Å². The van der Waals surface area contributed by atoms with Crippen molar-refractivity contribution in [3.8, 4) is 0 Å². The summed E-state index contributed by atoms with van der Waals surface area (Å²) in [6.07, 6.45) is 12.9. The summed E-state index contributed by atoms with van der Waals surface area (Å²) in [6, 6.07) is 9.47. The van der Waals surface area contributed by atoms with Gasteiger partial charge in [0.25, 0.3) is 0 Å². The zero-order chi connectivity index (χ0) is 19.2. The van der Waals surface area contributed by atoms with Gasteiger partial charge in [-0.1, -0.05) is 49.3 Å². The van der Waals surface area contributed by atoms with Crippen molar-refractivity contribution in [1.82, 2.24) is 4.98 Å². The Morgan fingerprint density at radius 1 is 1.22 bits per heavy atom. The lowest BCUT2D eigenvalue weighted by Crippen LogP contribution is -2.05. The zero-order valence-electron chi connectivity index (χ0n) is 15.9. The molecule has 3 nitrogen and oxygen atoms in total. The molecule has 1 aliphatic carbocycles. The van der Waals surface area contributed by atoms with Gasteiger partial charge in [0.05, 0.1) is 5.69 Å². The molecule has 0 unspecified atom stereocenters. The molecule has 138 valence electrons. The number of hydrogen-bond acceptors (Lipinski definition) is 4. The molecule has 0 bridgehead atoms. The molecular formula is C23H24N2OS. The molecule has 1 aromatic heterocycles. The van der Waals surface area contributed by atoms with E-state index in [0.29, 0.717) is 17.0 Å². The van der Waals surface area contributed by atoms with Crippen LogP contribution in [0.2, 0.25) is 0 Å². The molecule has 0 aliphatic heterocycles. The van der Waals surface area contributed by atoms with E-state index >= 15 is 0 Å². The third-order valence-corrected chi connectivity index (χ3v) is 5.29. The lowest BCUT2D eigenvalue weighted by Gasteiger charge is -2.12. The summed E-state index contributed by atoms with van der Waals surface area (Å²) in [4.78, 5) is 18.1. The number of aromatic nitrogens is 1. The van der Waals surface area contributed by atoms with Gasteiger partial charge in [-0.3, -0.25) is 9.78 Å². The second-order valence-corrected chi connectivity index (χ2v) is 7.78. The molecule has 4 heteroatoms. The first kappa shape index (κ1) is 19.2. The van der Waals surface area contributed by atoms with Gasteiger partial charge in [-0.15, -0.1) is 0 Å². The van der Waals surface area contributed by atoms with Crippen molar-refractivity contribution in [2.24, 2.45) is 5.92 Å². The van der Waals surface area contributed by atoms with E-state index in [9.17, 15) is 4.79 Å². The molecule has 0 saturated carbocycles. The Balaban J connectivity index is 1.81. The van der Waals surface area contributed by atoms with E-state index in [1.165, 1.54) is 17.5 Å². The number of allylic oxidation sites excluding steroid dienone is 5. The highest BCUT2D eigenvalue weighted by Crippen LogP contribution is 2.28. The largest absolute Gasteiger partial charge is 0.325 e. The molecule has 1 aliphatic rings. The van der Waals surface area contributed by atoms with Crippen molar-refractivity contribution in [2.45, 2.75) is 27.2 Å². The van der Waals surface area contributed by atoms with E-state index in [2.05, 4.69) is 47.9 Å². The highest BCUT2D eigenvalue weighted by Gasteiger charge is 2.15. The molecule has 2 aromatic rings. The van der Waals surface area contributed by atoms with Crippen LogP contribution in [0.3, 0.4) is 0 Å². The molecule has 1 aromatic carbocycles. The monoisotopic (exact) mass is 376 g/mol. The minimum Gasteiger partial charge on any atom is -0.325 e. The Hall–Kier alpha value is -2.59. The quantitative estimate of drug-likeness (QED) is 0.488. The van der Waals surface area contributed by atoms with Gasteiger partial charge in [-0.25, -0.2) is 0 Å². The van der Waals surface area contributed by atoms with Crippen molar-refractivity contribution < 1.29 is 4.79 Å². The van der Waals surface area contributed by atoms with Crippen molar-refractivity contribution >= 4 is 23.4 Å². The standard InChI is InChI=1S/C23H24N2OS/c1-16(2)18-6-4-8-20(11-10-18)27-25-22-12-9-17(3)14-21(22)23(26)19-7-5-13-24-15-19/h4-5,7-16,25H,6H2,1-3H3. The van der Waals surface area contributed by atoms with Crippen LogP contribution < -0.4 is 4.72 Å². The lowest BCUT2D eigenvalue weighted by molar-refractivity contribution is 0.103. The van der Waals surface area contributed by atoms with E-state index in [-0.39, 0.29) is 5.78 Å². The third-order valence-electron chi connectivity index (χ3n) is 4.46. The molecule has 0 spiro atoms. The number of nitrogens with zero attached hydrogens (tertiary/aromatic N) is 1. The average molecular weight is 377 g/mol. The van der Waals surface area contributed by atoms with Gasteiger partial charge in [-0.2, -0.15) is 0 Å². The van der Waals surface area contributed by atoms with Gasteiger partial charge in [0, 0.05) is 28.4 Å². The SMILES string of the molecule is Cc1ccc(NSC2=CC=C(C(C)C)CC=C2)c(C(=O)c2cccnc2)c1. The molecule has 0 atom stereocenters. The molecular weight excluding hydrogens is 352 g/mol. The molecule has 1 N–H and O–H groups in total. The Labute approximate surface area is 165 Å². The molecule has 0 saturated heterocycles. The fourth-order valence-corrected chi connectivity index (χ4v) is 3.53. The van der Waals surface area contributed by atoms with Crippen LogP contribution in [0, 0.1) is 12.8 Å². The maximum Gasteiger partial charge on any atom is 0.196 e. The topological polar surface area (TPSA) is 42.0 Å². The van der Waals surface area contributed by atoms with Gasteiger partial charge in [0.1, 0.15) is 0 Å². The number of aryl methyl sites for hydroxylation is 1. The summed E-state index contributed by atoms with van der Waals surface area (Å²) in [7, 11) is 0. The highest BCUT2D eigenvalue weighted by molar-refractivity contribution is 8.04. The number of carbonyl (C=O) groups excluding carboxylic acids is 1. The Bertz CT molecular complexity index is 911. The number of ketones is 1. The fraction of sp³-hybridized carbons (Fsp3) is 0.217. The van der Waals surface area contributed by atoms with Crippen molar-refractivity contribution in [2.75, 3.05) is 4.72 Å². The first-order valence-electron chi connectivity index (χ1n) is 9.10. The van der Waals surface area contributed by atoms with Gasteiger partial charge in [-0.05, 0) is 61.6 Å². The second-order valence-electron chi connectivity index (χ2n) is 6.90. The molecule has 1 heterocycles. The second kappa shape index (κ2) is 8.87. The molecule has 3 rings (SSSR count). The maximum absolute atomic E-state index is 12.9. The summed E-state index contributed by atoms with van der Waals surface area (Å²) < 4.78 is 3.36. The number of carbonyl (C=O) groups is 1. The predicted molar refractivity (Wildman–Crippen MR) is 115 cm³/mol. The van der Waals surface area contributed by atoms with Crippen molar-refractivity contribution in [3.05, 3.63) is 94.2 Å². The van der Waals surface area contributed by atoms with E-state index in [1.54, 1.807) is 24.5 Å². The van der Waals surface area contributed by atoms with Crippen LogP contribution in [-0.2, 0) is 0 Å². The predicted octanol–water partition coefficient (Wildman–Crippen LogP) is 6.11. The Kier molecular flexibility index (Phi) is 6.30. The summed E-state index contributed by atoms with van der Waals surface area (Å²) in [6.45, 7) is 6.42. The van der Waals surface area contributed by atoms with Gasteiger partial charge < -0.3 is 4.72 Å². The number of nitrogens with one attached hydrogen (secondary N) is 1. The summed E-state index contributed by atoms with van der Waals surface area (Å²) >= 11 is 1.52. The van der Waals surface area contributed by atoms with Crippen LogP contribution in [0.15, 0.2) is 77.5 Å². The van der Waals surface area contributed by atoms with Crippen LogP contribution in [0.5, 0.6) is 0 Å². The minimum absolute atomic E-state index is 0.0257. The van der Waals surface area contributed by atoms with E-state index in [0.717, 1.165) is 22.6 Å². The fourth-order valence-electron chi connectivity index (χ4n) is 2.82. The van der Waals surface area contributed by atoms with E-state index in [1.807, 2.05) is 25.1 Å². The van der Waals surface area contributed by atoms with Crippen LogP contribution in [-0.4, -0.2) is 10.8 Å². The molecule has 0 radical (unpaired) electrons.